The molecule has 0 aromatic rings. The van der Waals surface area contributed by atoms with Crippen molar-refractivity contribution in [1.82, 2.24) is 0 Å². The molecule has 0 heterocycles. The molecule has 4 heteroatoms. The third-order valence-corrected chi connectivity index (χ3v) is 4.30. The summed E-state index contributed by atoms with van der Waals surface area (Å²) in [5, 5.41) is 0. The summed E-state index contributed by atoms with van der Waals surface area (Å²) in [4.78, 5) is 0. The van der Waals surface area contributed by atoms with Crippen molar-refractivity contribution in [2.75, 3.05) is 0 Å². The van der Waals surface area contributed by atoms with E-state index in [-0.39, 0.29) is 24.8 Å². The van der Waals surface area contributed by atoms with Gasteiger partial charge in [0.05, 0.1) is 0 Å². The standard InChI is InChI=1S/C6H12P.Al.2ClH/c7-6-4-2-1-3-5-6;;;/h6-7H,1-5H2;;2*1H/q-1;+3;;/p-2. The topological polar surface area (TPSA) is 0 Å². The SMILES string of the molecule is [Al+2][PH]C1CCCCC1.[Cl-].[Cl-]. The molecule has 0 spiro atoms. The molecule has 1 saturated carbocycles. The predicted molar refractivity (Wildman–Crippen MR) is 40.9 cm³/mol. The first-order chi connectivity index (χ1) is 3.93. The molecule has 1 unspecified atom stereocenters. The zero-order chi connectivity index (χ0) is 5.82. The first kappa shape index (κ1) is 14.1. The fourth-order valence-electron chi connectivity index (χ4n) is 1.27. The Kier molecular flexibility index (Phi) is 12.2. The van der Waals surface area contributed by atoms with E-state index in [1.165, 1.54) is 32.1 Å². The summed E-state index contributed by atoms with van der Waals surface area (Å²) in [7, 11) is 1.12. The smallest absolute Gasteiger partial charge is 1.00 e. The van der Waals surface area contributed by atoms with Crippen molar-refractivity contribution < 1.29 is 24.8 Å². The van der Waals surface area contributed by atoms with Crippen LogP contribution in [0, 0.1) is 0 Å². The van der Waals surface area contributed by atoms with E-state index >= 15 is 0 Å². The number of hydrogen-bond acceptors (Lipinski definition) is 0. The molecule has 0 aliphatic heterocycles. The molecule has 10 heavy (non-hydrogen) atoms. The monoisotopic (exact) mass is 212 g/mol. The summed E-state index contributed by atoms with van der Waals surface area (Å²) < 4.78 is 0. The normalized spacial score (nSPS) is 20.2. The zero-order valence-electron chi connectivity index (χ0n) is 5.95. The maximum atomic E-state index is 2.87. The Morgan fingerprint density at radius 2 is 1.50 bits per heavy atom. The van der Waals surface area contributed by atoms with E-state index in [0.29, 0.717) is 0 Å². The molecule has 0 aromatic heterocycles. The van der Waals surface area contributed by atoms with E-state index in [4.69, 9.17) is 0 Å². The Labute approximate surface area is 85.5 Å². The number of rotatable bonds is 1. The molecule has 0 bridgehead atoms. The van der Waals surface area contributed by atoms with Crippen LogP contribution in [0.15, 0.2) is 0 Å². The quantitative estimate of drug-likeness (QED) is 0.308. The average Bonchev–Trinajstić information content (AvgIpc) is 1.90. The first-order valence-corrected chi connectivity index (χ1v) is 6.28. The van der Waals surface area contributed by atoms with Gasteiger partial charge >= 0.3 is 60.8 Å². The maximum Gasteiger partial charge on any atom is -1.00 e. The Hall–Kier alpha value is 1.54. The molecule has 1 rings (SSSR count). The minimum atomic E-state index is 0. The summed E-state index contributed by atoms with van der Waals surface area (Å²) >= 11 is 2.87. The molecule has 1 aliphatic rings. The van der Waals surface area contributed by atoms with Gasteiger partial charge in [0.25, 0.3) is 0 Å². The van der Waals surface area contributed by atoms with Crippen LogP contribution in [0.5, 0.6) is 0 Å². The summed E-state index contributed by atoms with van der Waals surface area (Å²) in [5.41, 5.74) is 1.08. The second kappa shape index (κ2) is 8.64. The van der Waals surface area contributed by atoms with Crippen molar-refractivity contribution in [3.63, 3.8) is 0 Å². The molecule has 1 atom stereocenters. The van der Waals surface area contributed by atoms with Gasteiger partial charge in [-0.25, -0.2) is 0 Å². The van der Waals surface area contributed by atoms with Crippen LogP contribution in [-0.4, -0.2) is 21.5 Å². The van der Waals surface area contributed by atoms with Gasteiger partial charge in [-0.3, -0.25) is 0 Å². The van der Waals surface area contributed by atoms with Crippen LogP contribution in [0.3, 0.4) is 0 Å². The van der Waals surface area contributed by atoms with Crippen LogP contribution in [-0.2, 0) is 0 Å². The molecule has 1 aliphatic carbocycles. The van der Waals surface area contributed by atoms with Crippen LogP contribution in [0.4, 0.5) is 0 Å². The van der Waals surface area contributed by atoms with Crippen molar-refractivity contribution in [2.24, 2.45) is 0 Å². The van der Waals surface area contributed by atoms with Crippen molar-refractivity contribution in [3.8, 4) is 0 Å². The van der Waals surface area contributed by atoms with Gasteiger partial charge in [0.15, 0.2) is 0 Å². The van der Waals surface area contributed by atoms with E-state index in [1.807, 2.05) is 0 Å². The van der Waals surface area contributed by atoms with Gasteiger partial charge in [-0.15, -0.1) is 0 Å². The molecule has 0 N–H and O–H groups in total. The second-order valence-corrected chi connectivity index (χ2v) is 4.65. The van der Waals surface area contributed by atoms with Gasteiger partial charge in [0, 0.05) is 0 Å². The second-order valence-electron chi connectivity index (χ2n) is 2.50. The predicted octanol–water partition coefficient (Wildman–Crippen LogP) is -3.91. The molecule has 0 saturated heterocycles. The Bertz CT molecular complexity index is 66.8. The number of halogens is 2. The summed E-state index contributed by atoms with van der Waals surface area (Å²) in [6.07, 6.45) is 7.48. The van der Waals surface area contributed by atoms with Crippen molar-refractivity contribution in [2.45, 2.75) is 37.8 Å². The molecule has 1 fully saturated rings. The molecule has 0 radical (unpaired) electrons. The maximum absolute atomic E-state index is 2.87. The van der Waals surface area contributed by atoms with E-state index in [1.54, 1.807) is 0 Å². The van der Waals surface area contributed by atoms with Crippen LogP contribution < -0.4 is 24.8 Å². The minimum Gasteiger partial charge on any atom is -1.00 e. The fraction of sp³-hybridized carbons (Fsp3) is 1.00. The van der Waals surface area contributed by atoms with Crippen LogP contribution >= 0.6 is 7.23 Å². The van der Waals surface area contributed by atoms with Gasteiger partial charge in [0.2, 0.25) is 0 Å². The van der Waals surface area contributed by atoms with Gasteiger partial charge in [-0.1, -0.05) is 0 Å². The van der Waals surface area contributed by atoms with E-state index in [9.17, 15) is 0 Å². The van der Waals surface area contributed by atoms with Crippen LogP contribution in [0.1, 0.15) is 32.1 Å². The summed E-state index contributed by atoms with van der Waals surface area (Å²) in [6, 6.07) is 0. The molecule has 0 nitrogen and oxygen atoms in total. The van der Waals surface area contributed by atoms with E-state index in [0.717, 1.165) is 12.9 Å². The molecular formula is C6H12AlCl2P. The molecule has 0 amide bonds. The third kappa shape index (κ3) is 5.23. The molecular weight excluding hydrogens is 201 g/mol. The average molecular weight is 213 g/mol. The summed E-state index contributed by atoms with van der Waals surface area (Å²) in [6.45, 7) is 0. The van der Waals surface area contributed by atoms with Crippen molar-refractivity contribution in [1.29, 1.82) is 0 Å². The Morgan fingerprint density at radius 1 is 1.00 bits per heavy atom. The van der Waals surface area contributed by atoms with Gasteiger partial charge in [0.1, 0.15) is 0 Å². The Balaban J connectivity index is 0. The van der Waals surface area contributed by atoms with E-state index in [2.05, 4.69) is 15.8 Å². The Morgan fingerprint density at radius 3 is 1.80 bits per heavy atom. The number of hydrogen-bond donors (Lipinski definition) is 0. The van der Waals surface area contributed by atoms with Gasteiger partial charge < -0.3 is 24.8 Å². The first-order valence-electron chi connectivity index (χ1n) is 3.39. The molecule has 58 valence electrons. The van der Waals surface area contributed by atoms with Crippen LogP contribution in [0.2, 0.25) is 0 Å². The minimum absolute atomic E-state index is 0. The largest absolute Gasteiger partial charge is 1.00 e. The molecule has 0 aromatic carbocycles. The van der Waals surface area contributed by atoms with Crippen molar-refractivity contribution >= 4 is 23.1 Å². The zero-order valence-corrected chi connectivity index (χ0v) is 9.61. The van der Waals surface area contributed by atoms with Gasteiger partial charge in [-0.2, -0.15) is 0 Å². The third-order valence-electron chi connectivity index (χ3n) is 1.84. The van der Waals surface area contributed by atoms with Gasteiger partial charge in [-0.05, 0) is 0 Å². The van der Waals surface area contributed by atoms with Crippen molar-refractivity contribution in [3.05, 3.63) is 0 Å². The summed E-state index contributed by atoms with van der Waals surface area (Å²) in [5.74, 6) is 0. The van der Waals surface area contributed by atoms with E-state index < -0.39 is 0 Å². The van der Waals surface area contributed by atoms with Crippen LogP contribution in [0.25, 0.3) is 0 Å². The fourth-order valence-corrected chi connectivity index (χ4v) is 3.01.